The molecule has 0 bridgehead atoms. The molecule has 0 aliphatic carbocycles. The molecule has 1 aromatic heterocycles. The van der Waals surface area contributed by atoms with Gasteiger partial charge in [0.1, 0.15) is 6.29 Å². The van der Waals surface area contributed by atoms with Gasteiger partial charge in [0.25, 0.3) is 0 Å². The lowest BCUT2D eigenvalue weighted by Crippen LogP contribution is -1.87. The Bertz CT molecular complexity index is 482. The molecule has 0 aliphatic rings. The summed E-state index contributed by atoms with van der Waals surface area (Å²) in [5, 5.41) is 0.215. The van der Waals surface area contributed by atoms with Gasteiger partial charge in [-0.25, -0.2) is 9.97 Å². The Labute approximate surface area is 91.8 Å². The summed E-state index contributed by atoms with van der Waals surface area (Å²) >= 11 is 5.67. The fraction of sp³-hybridized carbons (Fsp3) is 0. The zero-order valence-corrected chi connectivity index (χ0v) is 8.48. The van der Waals surface area contributed by atoms with Crippen LogP contribution in [0.3, 0.4) is 0 Å². The van der Waals surface area contributed by atoms with Crippen LogP contribution in [0.1, 0.15) is 10.4 Å². The number of hydrogen-bond donors (Lipinski definition) is 0. The Balaban J connectivity index is 2.41. The summed E-state index contributed by atoms with van der Waals surface area (Å²) in [6, 6.07) is 8.88. The van der Waals surface area contributed by atoms with Crippen molar-refractivity contribution in [1.82, 2.24) is 9.97 Å². The van der Waals surface area contributed by atoms with Gasteiger partial charge in [0.15, 0.2) is 0 Å². The van der Waals surface area contributed by atoms with Crippen molar-refractivity contribution >= 4 is 17.9 Å². The van der Waals surface area contributed by atoms with E-state index < -0.39 is 0 Å². The second-order valence-electron chi connectivity index (χ2n) is 2.95. The van der Waals surface area contributed by atoms with Crippen molar-refractivity contribution in [1.29, 1.82) is 0 Å². The lowest BCUT2D eigenvalue weighted by Gasteiger charge is -2.00. The zero-order valence-electron chi connectivity index (χ0n) is 7.72. The quantitative estimate of drug-likeness (QED) is 0.575. The summed E-state index contributed by atoms with van der Waals surface area (Å²) < 4.78 is 0. The van der Waals surface area contributed by atoms with Gasteiger partial charge in [-0.1, -0.05) is 24.3 Å². The normalized spacial score (nSPS) is 9.93. The van der Waals surface area contributed by atoms with E-state index in [1.54, 1.807) is 24.4 Å². The highest BCUT2D eigenvalue weighted by atomic mass is 35.5. The minimum atomic E-state index is 0.215. The predicted molar refractivity (Wildman–Crippen MR) is 57.9 cm³/mol. The van der Waals surface area contributed by atoms with Crippen molar-refractivity contribution in [3.8, 4) is 11.3 Å². The van der Waals surface area contributed by atoms with Crippen LogP contribution in [0, 0.1) is 0 Å². The molecule has 0 amide bonds. The smallest absolute Gasteiger partial charge is 0.222 e. The van der Waals surface area contributed by atoms with Gasteiger partial charge in [-0.05, 0) is 17.7 Å². The van der Waals surface area contributed by atoms with Crippen LogP contribution >= 0.6 is 11.6 Å². The fourth-order valence-electron chi connectivity index (χ4n) is 1.23. The first-order valence-electron chi connectivity index (χ1n) is 4.34. The monoisotopic (exact) mass is 218 g/mol. The molecule has 2 aromatic rings. The SMILES string of the molecule is O=Cc1ccc(-c2ccnc(Cl)n2)cc1. The molecule has 0 N–H and O–H groups in total. The second kappa shape index (κ2) is 4.19. The summed E-state index contributed by atoms with van der Waals surface area (Å²) in [5.41, 5.74) is 2.29. The molecule has 1 aromatic carbocycles. The van der Waals surface area contributed by atoms with Crippen molar-refractivity contribution in [3.05, 3.63) is 47.4 Å². The van der Waals surface area contributed by atoms with E-state index in [-0.39, 0.29) is 5.28 Å². The van der Waals surface area contributed by atoms with E-state index in [0.29, 0.717) is 5.56 Å². The van der Waals surface area contributed by atoms with Crippen LogP contribution in [0.5, 0.6) is 0 Å². The molecule has 0 spiro atoms. The van der Waals surface area contributed by atoms with Crippen molar-refractivity contribution in [2.75, 3.05) is 0 Å². The highest BCUT2D eigenvalue weighted by Gasteiger charge is 2.00. The lowest BCUT2D eigenvalue weighted by molar-refractivity contribution is 0.112. The molecular formula is C11H7ClN2O. The van der Waals surface area contributed by atoms with E-state index in [1.165, 1.54) is 0 Å². The second-order valence-corrected chi connectivity index (χ2v) is 3.29. The Morgan fingerprint density at radius 1 is 1.13 bits per heavy atom. The number of halogens is 1. The van der Waals surface area contributed by atoms with Gasteiger partial charge < -0.3 is 0 Å². The van der Waals surface area contributed by atoms with Crippen molar-refractivity contribution in [3.63, 3.8) is 0 Å². The van der Waals surface area contributed by atoms with E-state index in [2.05, 4.69) is 9.97 Å². The van der Waals surface area contributed by atoms with Crippen molar-refractivity contribution < 1.29 is 4.79 Å². The molecule has 0 saturated carbocycles. The van der Waals surface area contributed by atoms with E-state index in [0.717, 1.165) is 17.5 Å². The molecular weight excluding hydrogens is 212 g/mol. The molecule has 74 valence electrons. The molecule has 4 heteroatoms. The fourth-order valence-corrected chi connectivity index (χ4v) is 1.38. The van der Waals surface area contributed by atoms with Crippen LogP contribution in [0.25, 0.3) is 11.3 Å². The number of benzene rings is 1. The maximum Gasteiger partial charge on any atom is 0.222 e. The Kier molecular flexibility index (Phi) is 2.74. The van der Waals surface area contributed by atoms with Crippen LogP contribution in [0.4, 0.5) is 0 Å². The lowest BCUT2D eigenvalue weighted by atomic mass is 10.1. The van der Waals surface area contributed by atoms with E-state index in [4.69, 9.17) is 11.6 Å². The molecule has 0 aliphatic heterocycles. The average molecular weight is 219 g/mol. The van der Waals surface area contributed by atoms with Crippen LogP contribution in [-0.2, 0) is 0 Å². The molecule has 0 saturated heterocycles. The largest absolute Gasteiger partial charge is 0.298 e. The first-order valence-corrected chi connectivity index (χ1v) is 4.71. The standard InChI is InChI=1S/C11H7ClN2O/c12-11-13-6-5-10(14-11)9-3-1-8(7-15)2-4-9/h1-7H. The topological polar surface area (TPSA) is 42.9 Å². The van der Waals surface area contributed by atoms with Gasteiger partial charge in [0, 0.05) is 17.3 Å². The number of rotatable bonds is 2. The van der Waals surface area contributed by atoms with Gasteiger partial charge in [-0.2, -0.15) is 0 Å². The maximum absolute atomic E-state index is 10.5. The molecule has 15 heavy (non-hydrogen) atoms. The third-order valence-corrected chi connectivity index (χ3v) is 2.15. The highest BCUT2D eigenvalue weighted by molar-refractivity contribution is 6.28. The van der Waals surface area contributed by atoms with Gasteiger partial charge in [-0.15, -0.1) is 0 Å². The molecule has 0 atom stereocenters. The van der Waals surface area contributed by atoms with Crippen LogP contribution in [0.2, 0.25) is 5.28 Å². The minimum absolute atomic E-state index is 0.215. The number of carbonyl (C=O) groups is 1. The molecule has 0 radical (unpaired) electrons. The highest BCUT2D eigenvalue weighted by Crippen LogP contribution is 2.17. The Hall–Kier alpha value is -1.74. The van der Waals surface area contributed by atoms with Gasteiger partial charge in [0.2, 0.25) is 5.28 Å². The maximum atomic E-state index is 10.5. The summed E-state index contributed by atoms with van der Waals surface area (Å²) in [4.78, 5) is 18.3. The van der Waals surface area contributed by atoms with E-state index in [9.17, 15) is 4.79 Å². The van der Waals surface area contributed by atoms with Crippen molar-refractivity contribution in [2.45, 2.75) is 0 Å². The third kappa shape index (κ3) is 2.19. The Morgan fingerprint density at radius 3 is 2.47 bits per heavy atom. The zero-order chi connectivity index (χ0) is 10.7. The number of aromatic nitrogens is 2. The third-order valence-electron chi connectivity index (χ3n) is 1.97. The van der Waals surface area contributed by atoms with E-state index >= 15 is 0 Å². The summed E-state index contributed by atoms with van der Waals surface area (Å²) in [6.07, 6.45) is 2.40. The molecule has 0 fully saturated rings. The summed E-state index contributed by atoms with van der Waals surface area (Å²) in [5.74, 6) is 0. The Morgan fingerprint density at radius 2 is 1.87 bits per heavy atom. The molecule has 3 nitrogen and oxygen atoms in total. The number of nitrogens with zero attached hydrogens (tertiary/aromatic N) is 2. The first kappa shape index (κ1) is 9.80. The molecule has 2 rings (SSSR count). The molecule has 0 unspecified atom stereocenters. The number of carbonyl (C=O) groups excluding carboxylic acids is 1. The van der Waals surface area contributed by atoms with E-state index in [1.807, 2.05) is 12.1 Å². The predicted octanol–water partition coefficient (Wildman–Crippen LogP) is 2.61. The van der Waals surface area contributed by atoms with Gasteiger partial charge in [0.05, 0.1) is 5.69 Å². The first-order chi connectivity index (χ1) is 7.29. The number of aldehydes is 1. The van der Waals surface area contributed by atoms with Gasteiger partial charge >= 0.3 is 0 Å². The van der Waals surface area contributed by atoms with Crippen LogP contribution in [-0.4, -0.2) is 16.3 Å². The average Bonchev–Trinajstić information content (AvgIpc) is 2.29. The number of hydrogen-bond acceptors (Lipinski definition) is 3. The van der Waals surface area contributed by atoms with Crippen LogP contribution in [0.15, 0.2) is 36.5 Å². The minimum Gasteiger partial charge on any atom is -0.298 e. The molecule has 1 heterocycles. The van der Waals surface area contributed by atoms with Crippen molar-refractivity contribution in [2.24, 2.45) is 0 Å². The summed E-state index contributed by atoms with van der Waals surface area (Å²) in [7, 11) is 0. The van der Waals surface area contributed by atoms with Gasteiger partial charge in [-0.3, -0.25) is 4.79 Å². The van der Waals surface area contributed by atoms with Crippen LogP contribution < -0.4 is 0 Å². The summed E-state index contributed by atoms with van der Waals surface area (Å²) in [6.45, 7) is 0.